The summed E-state index contributed by atoms with van der Waals surface area (Å²) in [5, 5.41) is 4.04. The third kappa shape index (κ3) is 2.45. The summed E-state index contributed by atoms with van der Waals surface area (Å²) < 4.78 is 3.92. The second kappa shape index (κ2) is 5.91. The molecule has 0 radical (unpaired) electrons. The SMILES string of the molecule is CCc1nnsc1C(=O)N1CCc2ccccc2C1CN. The summed E-state index contributed by atoms with van der Waals surface area (Å²) in [4.78, 5) is 15.3. The van der Waals surface area contributed by atoms with E-state index in [2.05, 4.69) is 21.7 Å². The molecule has 21 heavy (non-hydrogen) atoms. The van der Waals surface area contributed by atoms with Gasteiger partial charge in [-0.2, -0.15) is 0 Å². The predicted molar refractivity (Wildman–Crippen MR) is 82.3 cm³/mol. The smallest absolute Gasteiger partial charge is 0.268 e. The zero-order valence-corrected chi connectivity index (χ0v) is 12.8. The standard InChI is InChI=1S/C15H18N4OS/c1-2-12-14(21-18-17-12)15(20)19-8-7-10-5-3-4-6-11(10)13(19)9-16/h3-6,13H,2,7-9,16H2,1H3. The Labute approximate surface area is 127 Å². The van der Waals surface area contributed by atoms with Crippen LogP contribution in [0.5, 0.6) is 0 Å². The van der Waals surface area contributed by atoms with Gasteiger partial charge in [0, 0.05) is 13.1 Å². The van der Waals surface area contributed by atoms with Crippen molar-refractivity contribution in [3.8, 4) is 0 Å². The van der Waals surface area contributed by atoms with Gasteiger partial charge in [0.15, 0.2) is 0 Å². The lowest BCUT2D eigenvalue weighted by Gasteiger charge is -2.36. The number of aromatic nitrogens is 2. The number of benzene rings is 1. The van der Waals surface area contributed by atoms with Gasteiger partial charge in [0.2, 0.25) is 0 Å². The van der Waals surface area contributed by atoms with E-state index in [1.165, 1.54) is 17.1 Å². The molecular formula is C15H18N4OS. The van der Waals surface area contributed by atoms with Gasteiger partial charge in [-0.15, -0.1) is 5.10 Å². The molecule has 1 aromatic heterocycles. The van der Waals surface area contributed by atoms with E-state index in [4.69, 9.17) is 5.73 Å². The Morgan fingerprint density at radius 1 is 1.48 bits per heavy atom. The second-order valence-corrected chi connectivity index (χ2v) is 5.86. The van der Waals surface area contributed by atoms with Crippen LogP contribution in [0.2, 0.25) is 0 Å². The monoisotopic (exact) mass is 302 g/mol. The van der Waals surface area contributed by atoms with Gasteiger partial charge in [0.1, 0.15) is 4.88 Å². The van der Waals surface area contributed by atoms with Crippen molar-refractivity contribution in [3.05, 3.63) is 46.0 Å². The summed E-state index contributed by atoms with van der Waals surface area (Å²) in [6.45, 7) is 3.11. The maximum atomic E-state index is 12.8. The van der Waals surface area contributed by atoms with Crippen LogP contribution in [0.4, 0.5) is 0 Å². The lowest BCUT2D eigenvalue weighted by Crippen LogP contribution is -2.43. The van der Waals surface area contributed by atoms with Crippen LogP contribution in [0, 0.1) is 0 Å². The van der Waals surface area contributed by atoms with Crippen LogP contribution in [-0.2, 0) is 12.8 Å². The average Bonchev–Trinajstić information content (AvgIpc) is 3.01. The summed E-state index contributed by atoms with van der Waals surface area (Å²) in [7, 11) is 0. The third-order valence-corrected chi connectivity index (χ3v) is 4.74. The van der Waals surface area contributed by atoms with E-state index in [0.29, 0.717) is 18.0 Å². The minimum atomic E-state index is -0.0609. The zero-order valence-electron chi connectivity index (χ0n) is 12.0. The summed E-state index contributed by atoms with van der Waals surface area (Å²) in [6.07, 6.45) is 1.58. The topological polar surface area (TPSA) is 72.1 Å². The Kier molecular flexibility index (Phi) is 3.98. The van der Waals surface area contributed by atoms with E-state index >= 15 is 0 Å². The molecule has 2 heterocycles. The van der Waals surface area contributed by atoms with Gasteiger partial charge in [-0.3, -0.25) is 4.79 Å². The van der Waals surface area contributed by atoms with E-state index in [1.807, 2.05) is 24.0 Å². The van der Waals surface area contributed by atoms with Gasteiger partial charge in [0.25, 0.3) is 5.91 Å². The number of hydrogen-bond acceptors (Lipinski definition) is 5. The molecule has 2 N–H and O–H groups in total. The van der Waals surface area contributed by atoms with E-state index in [9.17, 15) is 4.79 Å². The molecule has 1 aromatic carbocycles. The highest BCUT2D eigenvalue weighted by molar-refractivity contribution is 7.08. The van der Waals surface area contributed by atoms with Gasteiger partial charge < -0.3 is 10.6 Å². The minimum Gasteiger partial charge on any atom is -0.329 e. The Morgan fingerprint density at radius 3 is 3.05 bits per heavy atom. The summed E-state index contributed by atoms with van der Waals surface area (Å²) in [5.41, 5.74) is 9.18. The van der Waals surface area contributed by atoms with Crippen LogP contribution in [0.1, 0.15) is 39.5 Å². The van der Waals surface area contributed by atoms with E-state index in [-0.39, 0.29) is 11.9 Å². The summed E-state index contributed by atoms with van der Waals surface area (Å²) >= 11 is 1.18. The molecule has 2 aromatic rings. The van der Waals surface area contributed by atoms with E-state index in [1.54, 1.807) is 0 Å². The van der Waals surface area contributed by atoms with Crippen molar-refractivity contribution in [2.45, 2.75) is 25.8 Å². The molecular weight excluding hydrogens is 284 g/mol. The minimum absolute atomic E-state index is 0.00630. The molecule has 0 saturated heterocycles. The van der Waals surface area contributed by atoms with Crippen LogP contribution in [0.25, 0.3) is 0 Å². The van der Waals surface area contributed by atoms with Gasteiger partial charge in [-0.25, -0.2) is 0 Å². The zero-order chi connectivity index (χ0) is 14.8. The number of rotatable bonds is 3. The van der Waals surface area contributed by atoms with Crippen molar-refractivity contribution < 1.29 is 4.79 Å². The number of hydrogen-bond donors (Lipinski definition) is 1. The van der Waals surface area contributed by atoms with Gasteiger partial charge in [-0.05, 0) is 35.5 Å². The molecule has 1 aliphatic heterocycles. The largest absolute Gasteiger partial charge is 0.329 e. The first-order valence-electron chi connectivity index (χ1n) is 7.16. The highest BCUT2D eigenvalue weighted by Crippen LogP contribution is 2.31. The second-order valence-electron chi connectivity index (χ2n) is 5.10. The molecule has 5 nitrogen and oxygen atoms in total. The first-order valence-corrected chi connectivity index (χ1v) is 7.93. The Balaban J connectivity index is 1.94. The lowest BCUT2D eigenvalue weighted by molar-refractivity contribution is 0.0671. The number of amides is 1. The van der Waals surface area contributed by atoms with E-state index in [0.717, 1.165) is 24.1 Å². The van der Waals surface area contributed by atoms with Crippen LogP contribution in [-0.4, -0.2) is 33.5 Å². The van der Waals surface area contributed by atoms with Crippen molar-refractivity contribution in [1.82, 2.24) is 14.5 Å². The Bertz CT molecular complexity index is 655. The fraction of sp³-hybridized carbons (Fsp3) is 0.400. The highest BCUT2D eigenvalue weighted by atomic mass is 32.1. The van der Waals surface area contributed by atoms with Crippen LogP contribution in [0.15, 0.2) is 24.3 Å². The average molecular weight is 302 g/mol. The number of fused-ring (bicyclic) bond motifs is 1. The molecule has 0 aliphatic carbocycles. The number of carbonyl (C=O) groups excluding carboxylic acids is 1. The molecule has 6 heteroatoms. The maximum absolute atomic E-state index is 12.8. The number of aryl methyl sites for hydroxylation is 1. The highest BCUT2D eigenvalue weighted by Gasteiger charge is 2.32. The molecule has 1 atom stereocenters. The number of nitrogens with two attached hydrogens (primary N) is 1. The molecule has 0 saturated carbocycles. The number of nitrogens with zero attached hydrogens (tertiary/aromatic N) is 3. The first kappa shape index (κ1) is 14.2. The lowest BCUT2D eigenvalue weighted by atomic mass is 9.92. The third-order valence-electron chi connectivity index (χ3n) is 3.98. The molecule has 0 bridgehead atoms. The molecule has 1 unspecified atom stereocenters. The first-order chi connectivity index (χ1) is 10.3. The van der Waals surface area contributed by atoms with Gasteiger partial charge in [-0.1, -0.05) is 35.7 Å². The van der Waals surface area contributed by atoms with Crippen molar-refractivity contribution in [1.29, 1.82) is 0 Å². The quantitative estimate of drug-likeness (QED) is 0.938. The van der Waals surface area contributed by atoms with Crippen molar-refractivity contribution in [2.24, 2.45) is 5.73 Å². The number of carbonyl (C=O) groups is 1. The molecule has 0 spiro atoms. The molecule has 0 fully saturated rings. The fourth-order valence-electron chi connectivity index (χ4n) is 2.88. The van der Waals surface area contributed by atoms with E-state index < -0.39 is 0 Å². The molecule has 110 valence electrons. The normalized spacial score (nSPS) is 17.6. The Hall–Kier alpha value is -1.79. The van der Waals surface area contributed by atoms with Gasteiger partial charge in [0.05, 0.1) is 11.7 Å². The molecule has 1 amide bonds. The molecule has 3 rings (SSSR count). The Morgan fingerprint density at radius 2 is 2.29 bits per heavy atom. The summed E-state index contributed by atoms with van der Waals surface area (Å²) in [6, 6.07) is 8.16. The van der Waals surface area contributed by atoms with Crippen LogP contribution >= 0.6 is 11.5 Å². The predicted octanol–water partition coefficient (Wildman–Crippen LogP) is 1.80. The summed E-state index contributed by atoms with van der Waals surface area (Å²) in [5.74, 6) is 0.00630. The van der Waals surface area contributed by atoms with Crippen LogP contribution in [0.3, 0.4) is 0 Å². The van der Waals surface area contributed by atoms with Gasteiger partial charge >= 0.3 is 0 Å². The van der Waals surface area contributed by atoms with Crippen LogP contribution < -0.4 is 5.73 Å². The van der Waals surface area contributed by atoms with Crippen molar-refractivity contribution >= 4 is 17.4 Å². The van der Waals surface area contributed by atoms with Crippen molar-refractivity contribution in [3.63, 3.8) is 0 Å². The van der Waals surface area contributed by atoms with Crippen molar-refractivity contribution in [2.75, 3.05) is 13.1 Å². The fourth-order valence-corrected chi connectivity index (χ4v) is 3.59. The maximum Gasteiger partial charge on any atom is 0.268 e. The molecule has 1 aliphatic rings.